The summed E-state index contributed by atoms with van der Waals surface area (Å²) in [5.74, 6) is -0.310. The van der Waals surface area contributed by atoms with Gasteiger partial charge in [-0.1, -0.05) is 6.92 Å². The Labute approximate surface area is 112 Å². The van der Waals surface area contributed by atoms with Crippen molar-refractivity contribution in [2.75, 3.05) is 34.7 Å². The van der Waals surface area contributed by atoms with Crippen molar-refractivity contribution in [2.45, 2.75) is 19.6 Å². The summed E-state index contributed by atoms with van der Waals surface area (Å²) in [6.07, 6.45) is 0.928. The predicted molar refractivity (Wildman–Crippen MR) is 66.2 cm³/mol. The van der Waals surface area contributed by atoms with Crippen LogP contribution in [0.3, 0.4) is 0 Å². The first-order chi connectivity index (χ1) is 9.06. The fraction of sp³-hybridized carbons (Fsp3) is 0.900. The highest BCUT2D eigenvalue weighted by Gasteiger charge is 2.32. The number of rotatable bonds is 11. The third-order valence-electron chi connectivity index (χ3n) is 2.33. The number of hydrogen-bond acceptors (Lipinski definition) is 8. The maximum atomic E-state index is 11.9. The van der Waals surface area contributed by atoms with Gasteiger partial charge in [0.2, 0.25) is 6.08 Å². The topological polar surface area (TPSA) is 92.7 Å². The summed E-state index contributed by atoms with van der Waals surface area (Å²) in [6, 6.07) is 0. The molecule has 2 atom stereocenters. The van der Waals surface area contributed by atoms with Crippen molar-refractivity contribution in [3.05, 3.63) is 0 Å². The quantitative estimate of drug-likeness (QED) is 0.188. The van der Waals surface area contributed by atoms with Crippen LogP contribution in [0.5, 0.6) is 0 Å². The lowest BCUT2D eigenvalue weighted by Gasteiger charge is -2.24. The molecule has 0 aliphatic rings. The minimum Gasteiger partial charge on any atom is -0.359 e. The minimum atomic E-state index is -3.73. The van der Waals surface area contributed by atoms with Crippen LogP contribution < -0.4 is 0 Å². The van der Waals surface area contributed by atoms with E-state index in [0.717, 1.165) is 0 Å². The lowest BCUT2D eigenvalue weighted by molar-refractivity contribution is -0.0599. The van der Waals surface area contributed by atoms with E-state index in [1.165, 1.54) is 27.4 Å². The van der Waals surface area contributed by atoms with Gasteiger partial charge in [-0.15, -0.1) is 0 Å². The SMILES string of the molecule is CCC(COCOC)C(N=C=O)OP(=O)(OC)OC. The van der Waals surface area contributed by atoms with E-state index in [0.29, 0.717) is 6.42 Å². The smallest absolute Gasteiger partial charge is 0.359 e. The van der Waals surface area contributed by atoms with Gasteiger partial charge < -0.3 is 9.47 Å². The second kappa shape index (κ2) is 10.2. The Kier molecular flexibility index (Phi) is 9.91. The van der Waals surface area contributed by atoms with Gasteiger partial charge in [-0.25, -0.2) is 9.36 Å². The maximum absolute atomic E-state index is 11.9. The molecule has 19 heavy (non-hydrogen) atoms. The van der Waals surface area contributed by atoms with Crippen LogP contribution in [0.1, 0.15) is 13.3 Å². The second-order valence-electron chi connectivity index (χ2n) is 3.47. The molecule has 0 aliphatic heterocycles. The molecule has 0 radical (unpaired) electrons. The zero-order valence-corrected chi connectivity index (χ0v) is 12.4. The van der Waals surface area contributed by atoms with E-state index in [-0.39, 0.29) is 19.3 Å². The monoisotopic (exact) mass is 297 g/mol. The van der Waals surface area contributed by atoms with Crippen LogP contribution in [0.2, 0.25) is 0 Å². The molecule has 112 valence electrons. The van der Waals surface area contributed by atoms with Crippen molar-refractivity contribution < 1.29 is 32.4 Å². The number of isocyanates is 1. The number of ether oxygens (including phenoxy) is 2. The molecule has 0 aromatic heterocycles. The average Bonchev–Trinajstić information content (AvgIpc) is 2.43. The van der Waals surface area contributed by atoms with Crippen LogP contribution in [-0.4, -0.2) is 47.0 Å². The van der Waals surface area contributed by atoms with Gasteiger partial charge in [-0.2, -0.15) is 4.99 Å². The molecule has 8 nitrogen and oxygen atoms in total. The van der Waals surface area contributed by atoms with Gasteiger partial charge in [0.15, 0.2) is 6.23 Å². The number of phosphoric acid groups is 1. The van der Waals surface area contributed by atoms with Gasteiger partial charge in [-0.3, -0.25) is 13.6 Å². The summed E-state index contributed by atoms with van der Waals surface area (Å²) in [5, 5.41) is 0. The minimum absolute atomic E-state index is 0.0975. The Hall–Kier alpha value is -0.590. The van der Waals surface area contributed by atoms with Crippen molar-refractivity contribution in [1.82, 2.24) is 0 Å². The Morgan fingerprint density at radius 2 is 1.89 bits per heavy atom. The first-order valence-electron chi connectivity index (χ1n) is 5.60. The summed E-state index contributed by atoms with van der Waals surface area (Å²) in [7, 11) is 0.106. The zero-order chi connectivity index (χ0) is 14.7. The molecule has 0 spiro atoms. The summed E-state index contributed by atoms with van der Waals surface area (Å²) in [4.78, 5) is 13.9. The largest absolute Gasteiger partial charge is 0.476 e. The van der Waals surface area contributed by atoms with Gasteiger partial charge in [0.25, 0.3) is 0 Å². The van der Waals surface area contributed by atoms with Gasteiger partial charge in [0, 0.05) is 27.2 Å². The summed E-state index contributed by atoms with van der Waals surface area (Å²) >= 11 is 0. The second-order valence-corrected chi connectivity index (χ2v) is 5.31. The van der Waals surface area contributed by atoms with E-state index in [4.69, 9.17) is 14.0 Å². The van der Waals surface area contributed by atoms with Crippen molar-refractivity contribution in [3.63, 3.8) is 0 Å². The first kappa shape index (κ1) is 18.4. The van der Waals surface area contributed by atoms with E-state index in [1.54, 1.807) is 0 Å². The molecule has 0 saturated heterocycles. The summed E-state index contributed by atoms with van der Waals surface area (Å²) in [5.41, 5.74) is 0. The molecule has 2 unspecified atom stereocenters. The zero-order valence-electron chi connectivity index (χ0n) is 11.5. The van der Waals surface area contributed by atoms with Crippen molar-refractivity contribution in [2.24, 2.45) is 10.9 Å². The van der Waals surface area contributed by atoms with E-state index in [1.807, 2.05) is 6.92 Å². The van der Waals surface area contributed by atoms with Crippen LogP contribution in [0, 0.1) is 5.92 Å². The summed E-state index contributed by atoms with van der Waals surface area (Å²) in [6.45, 7) is 2.16. The lowest BCUT2D eigenvalue weighted by Crippen LogP contribution is -2.26. The molecule has 0 saturated carbocycles. The molecule has 0 aromatic rings. The fourth-order valence-electron chi connectivity index (χ4n) is 1.24. The number of nitrogens with zero attached hydrogens (tertiary/aromatic N) is 1. The summed E-state index contributed by atoms with van der Waals surface area (Å²) < 4.78 is 36.2. The van der Waals surface area contributed by atoms with Crippen LogP contribution in [-0.2, 0) is 32.4 Å². The normalized spacial score (nSPS) is 14.7. The molecule has 0 fully saturated rings. The molecule has 0 amide bonds. The molecule has 0 aromatic carbocycles. The van der Waals surface area contributed by atoms with E-state index in [2.05, 4.69) is 14.0 Å². The fourth-order valence-corrected chi connectivity index (χ4v) is 2.05. The number of methoxy groups -OCH3 is 1. The Morgan fingerprint density at radius 3 is 2.32 bits per heavy atom. The maximum Gasteiger partial charge on any atom is 0.476 e. The van der Waals surface area contributed by atoms with E-state index in [9.17, 15) is 9.36 Å². The molecule has 0 aliphatic carbocycles. The number of carbonyl (C=O) groups excluding carboxylic acids is 1. The van der Waals surface area contributed by atoms with Crippen LogP contribution in [0.25, 0.3) is 0 Å². The van der Waals surface area contributed by atoms with E-state index >= 15 is 0 Å². The molecule has 0 rings (SSSR count). The molecular weight excluding hydrogens is 277 g/mol. The Morgan fingerprint density at radius 1 is 1.26 bits per heavy atom. The van der Waals surface area contributed by atoms with Gasteiger partial charge in [0.1, 0.15) is 6.79 Å². The number of aliphatic imine (C=N–C) groups is 1. The molecule has 9 heteroatoms. The number of hydrogen-bond donors (Lipinski definition) is 0. The van der Waals surface area contributed by atoms with Gasteiger partial charge >= 0.3 is 7.82 Å². The third kappa shape index (κ3) is 6.94. The molecular formula is C10H20NO7P. The molecule has 0 bridgehead atoms. The third-order valence-corrected chi connectivity index (χ3v) is 3.69. The standard InChI is InChI=1S/C10H20NO7P/c1-5-9(6-17-8-14-2)10(11-7-12)18-19(13,15-3)16-4/h9-10H,5-6,8H2,1-4H3. The highest BCUT2D eigenvalue weighted by Crippen LogP contribution is 2.49. The van der Waals surface area contributed by atoms with E-state index < -0.39 is 14.1 Å². The van der Waals surface area contributed by atoms with Crippen molar-refractivity contribution in [3.8, 4) is 0 Å². The molecule has 0 N–H and O–H groups in total. The van der Waals surface area contributed by atoms with Crippen LogP contribution in [0.15, 0.2) is 4.99 Å². The molecule has 0 heterocycles. The Bertz CT molecular complexity index is 324. The highest BCUT2D eigenvalue weighted by molar-refractivity contribution is 7.48. The average molecular weight is 297 g/mol. The predicted octanol–water partition coefficient (Wildman–Crippen LogP) is 1.71. The Balaban J connectivity index is 4.75. The first-order valence-corrected chi connectivity index (χ1v) is 7.06. The van der Waals surface area contributed by atoms with Crippen LogP contribution >= 0.6 is 7.82 Å². The van der Waals surface area contributed by atoms with Crippen molar-refractivity contribution in [1.29, 1.82) is 0 Å². The van der Waals surface area contributed by atoms with Gasteiger partial charge in [0.05, 0.1) is 6.61 Å². The van der Waals surface area contributed by atoms with Gasteiger partial charge in [-0.05, 0) is 6.42 Å². The lowest BCUT2D eigenvalue weighted by atomic mass is 10.1. The highest BCUT2D eigenvalue weighted by atomic mass is 31.2. The van der Waals surface area contributed by atoms with Crippen molar-refractivity contribution >= 4 is 13.9 Å². The van der Waals surface area contributed by atoms with Crippen LogP contribution in [0.4, 0.5) is 0 Å². The number of phosphoric ester groups is 1.